The molecule has 0 aliphatic carbocycles. The fourth-order valence-electron chi connectivity index (χ4n) is 3.71. The van der Waals surface area contributed by atoms with E-state index in [1.54, 1.807) is 18.2 Å². The monoisotopic (exact) mass is 398 g/mol. The van der Waals surface area contributed by atoms with E-state index in [1.807, 2.05) is 52.0 Å². The van der Waals surface area contributed by atoms with Gasteiger partial charge in [0.2, 0.25) is 0 Å². The molecular weight excluding hydrogens is 375 g/mol. The minimum Gasteiger partial charge on any atom is -0.322 e. The highest BCUT2D eigenvalue weighted by molar-refractivity contribution is 6.13. The van der Waals surface area contributed by atoms with Crippen molar-refractivity contribution in [2.75, 3.05) is 5.32 Å². The Morgan fingerprint density at radius 3 is 2.37 bits per heavy atom. The SMILES string of the molecule is Cc1cc(C)c2nc(-c3ccc(F)cc3)cc(C(=O)Nc3cccc(C)c3C)c2c1. The molecule has 0 radical (unpaired) electrons. The van der Waals surface area contributed by atoms with Crippen molar-refractivity contribution in [3.05, 3.63) is 94.3 Å². The van der Waals surface area contributed by atoms with Gasteiger partial charge in [0.25, 0.3) is 5.91 Å². The van der Waals surface area contributed by atoms with Crippen molar-refractivity contribution in [2.45, 2.75) is 27.7 Å². The maximum absolute atomic E-state index is 13.4. The van der Waals surface area contributed by atoms with Gasteiger partial charge < -0.3 is 5.32 Å². The molecule has 150 valence electrons. The van der Waals surface area contributed by atoms with Gasteiger partial charge in [-0.25, -0.2) is 9.37 Å². The molecule has 1 amide bonds. The molecule has 1 N–H and O–H groups in total. The summed E-state index contributed by atoms with van der Waals surface area (Å²) in [5.74, 6) is -0.497. The van der Waals surface area contributed by atoms with Crippen LogP contribution in [-0.4, -0.2) is 10.9 Å². The van der Waals surface area contributed by atoms with E-state index < -0.39 is 0 Å². The summed E-state index contributed by atoms with van der Waals surface area (Å²) >= 11 is 0. The molecule has 0 unspecified atom stereocenters. The Kier molecular flexibility index (Phi) is 5.08. The van der Waals surface area contributed by atoms with Gasteiger partial charge in [0, 0.05) is 16.6 Å². The molecule has 3 aromatic carbocycles. The molecule has 4 rings (SSSR count). The van der Waals surface area contributed by atoms with Gasteiger partial charge in [-0.1, -0.05) is 23.8 Å². The molecular formula is C26H23FN2O. The van der Waals surface area contributed by atoms with Crippen LogP contribution in [-0.2, 0) is 0 Å². The Morgan fingerprint density at radius 1 is 0.900 bits per heavy atom. The van der Waals surface area contributed by atoms with Crippen molar-refractivity contribution in [1.29, 1.82) is 0 Å². The van der Waals surface area contributed by atoms with Gasteiger partial charge in [-0.15, -0.1) is 0 Å². The normalized spacial score (nSPS) is 11.0. The minimum atomic E-state index is -0.306. The fraction of sp³-hybridized carbons (Fsp3) is 0.154. The topological polar surface area (TPSA) is 42.0 Å². The van der Waals surface area contributed by atoms with Gasteiger partial charge in [0.05, 0.1) is 16.8 Å². The van der Waals surface area contributed by atoms with E-state index >= 15 is 0 Å². The summed E-state index contributed by atoms with van der Waals surface area (Å²) in [7, 11) is 0. The number of pyridine rings is 1. The fourth-order valence-corrected chi connectivity index (χ4v) is 3.71. The maximum atomic E-state index is 13.4. The lowest BCUT2D eigenvalue weighted by atomic mass is 9.99. The van der Waals surface area contributed by atoms with Gasteiger partial charge in [-0.2, -0.15) is 0 Å². The Labute approximate surface area is 175 Å². The molecule has 0 saturated carbocycles. The van der Waals surface area contributed by atoms with Crippen LogP contribution >= 0.6 is 0 Å². The van der Waals surface area contributed by atoms with Crippen LogP contribution in [0.1, 0.15) is 32.6 Å². The molecule has 3 nitrogen and oxygen atoms in total. The first-order chi connectivity index (χ1) is 14.3. The number of aromatic nitrogens is 1. The molecule has 0 spiro atoms. The van der Waals surface area contributed by atoms with Crippen LogP contribution < -0.4 is 5.32 Å². The summed E-state index contributed by atoms with van der Waals surface area (Å²) in [4.78, 5) is 18.1. The zero-order valence-electron chi connectivity index (χ0n) is 17.5. The number of nitrogens with zero attached hydrogens (tertiary/aromatic N) is 1. The molecule has 4 aromatic rings. The van der Waals surface area contributed by atoms with Gasteiger partial charge in [0.15, 0.2) is 0 Å². The first-order valence-electron chi connectivity index (χ1n) is 9.89. The van der Waals surface area contributed by atoms with Crippen molar-refractivity contribution in [1.82, 2.24) is 4.98 Å². The van der Waals surface area contributed by atoms with E-state index in [1.165, 1.54) is 12.1 Å². The predicted octanol–water partition coefficient (Wildman–Crippen LogP) is 6.53. The summed E-state index contributed by atoms with van der Waals surface area (Å²) in [6, 6.07) is 17.8. The van der Waals surface area contributed by atoms with Crippen molar-refractivity contribution in [3.63, 3.8) is 0 Å². The van der Waals surface area contributed by atoms with Crippen molar-refractivity contribution in [3.8, 4) is 11.3 Å². The van der Waals surface area contributed by atoms with Crippen LogP contribution in [0.5, 0.6) is 0 Å². The third kappa shape index (κ3) is 3.69. The van der Waals surface area contributed by atoms with Crippen LogP contribution in [0.4, 0.5) is 10.1 Å². The highest BCUT2D eigenvalue weighted by Gasteiger charge is 2.17. The number of amides is 1. The number of anilines is 1. The van der Waals surface area contributed by atoms with Crippen LogP contribution in [0.15, 0.2) is 60.7 Å². The van der Waals surface area contributed by atoms with E-state index in [4.69, 9.17) is 4.98 Å². The largest absolute Gasteiger partial charge is 0.322 e. The number of fused-ring (bicyclic) bond motifs is 1. The van der Waals surface area contributed by atoms with Crippen molar-refractivity contribution >= 4 is 22.5 Å². The Bertz CT molecular complexity index is 1280. The average molecular weight is 398 g/mol. The summed E-state index contributed by atoms with van der Waals surface area (Å²) in [5.41, 5.74) is 7.73. The number of aryl methyl sites for hydroxylation is 3. The average Bonchev–Trinajstić information content (AvgIpc) is 2.71. The van der Waals surface area contributed by atoms with Gasteiger partial charge in [0.1, 0.15) is 5.82 Å². The number of nitrogens with one attached hydrogen (secondary N) is 1. The first kappa shape index (κ1) is 19.8. The molecule has 1 heterocycles. The van der Waals surface area contributed by atoms with Crippen LogP contribution in [0.25, 0.3) is 22.2 Å². The highest BCUT2D eigenvalue weighted by atomic mass is 19.1. The molecule has 0 saturated heterocycles. The number of carbonyl (C=O) groups excluding carboxylic acids is 1. The lowest BCUT2D eigenvalue weighted by molar-refractivity contribution is 0.102. The second-order valence-electron chi connectivity index (χ2n) is 7.74. The number of halogens is 1. The van der Waals surface area contributed by atoms with E-state index in [9.17, 15) is 9.18 Å². The van der Waals surface area contributed by atoms with Crippen molar-refractivity contribution < 1.29 is 9.18 Å². The van der Waals surface area contributed by atoms with Crippen LogP contribution in [0, 0.1) is 33.5 Å². The molecule has 4 heteroatoms. The summed E-state index contributed by atoms with van der Waals surface area (Å²) in [6.45, 7) is 8.01. The number of hydrogen-bond acceptors (Lipinski definition) is 2. The maximum Gasteiger partial charge on any atom is 0.256 e. The molecule has 0 fully saturated rings. The smallest absolute Gasteiger partial charge is 0.256 e. The van der Waals surface area contributed by atoms with E-state index in [0.717, 1.165) is 44.4 Å². The third-order valence-electron chi connectivity index (χ3n) is 5.49. The minimum absolute atomic E-state index is 0.190. The molecule has 0 aliphatic rings. The number of hydrogen-bond donors (Lipinski definition) is 1. The predicted molar refractivity (Wildman–Crippen MR) is 120 cm³/mol. The zero-order valence-corrected chi connectivity index (χ0v) is 17.5. The van der Waals surface area contributed by atoms with Gasteiger partial charge >= 0.3 is 0 Å². The lowest BCUT2D eigenvalue weighted by Crippen LogP contribution is -2.14. The standard InChI is InChI=1S/C26H23FN2O/c1-15-12-17(3)25-21(13-15)22(14-24(28-25)19-8-10-20(27)11-9-19)26(30)29-23-7-5-6-16(2)18(23)4/h5-14H,1-4H3,(H,29,30). The quantitative estimate of drug-likeness (QED) is 0.426. The summed E-state index contributed by atoms with van der Waals surface area (Å²) < 4.78 is 13.4. The van der Waals surface area contributed by atoms with E-state index in [-0.39, 0.29) is 11.7 Å². The highest BCUT2D eigenvalue weighted by Crippen LogP contribution is 2.29. The van der Waals surface area contributed by atoms with Gasteiger partial charge in [-0.3, -0.25) is 4.79 Å². The van der Waals surface area contributed by atoms with Crippen LogP contribution in [0.3, 0.4) is 0 Å². The molecule has 0 atom stereocenters. The second kappa shape index (κ2) is 7.71. The Morgan fingerprint density at radius 2 is 1.63 bits per heavy atom. The van der Waals surface area contributed by atoms with Crippen molar-refractivity contribution in [2.24, 2.45) is 0 Å². The second-order valence-corrected chi connectivity index (χ2v) is 7.74. The Hall–Kier alpha value is -3.53. The molecule has 0 bridgehead atoms. The summed E-state index contributed by atoms with van der Waals surface area (Å²) in [6.07, 6.45) is 0. The number of carbonyl (C=O) groups is 1. The van der Waals surface area contributed by atoms with Crippen LogP contribution in [0.2, 0.25) is 0 Å². The molecule has 30 heavy (non-hydrogen) atoms. The first-order valence-corrected chi connectivity index (χ1v) is 9.89. The number of rotatable bonds is 3. The third-order valence-corrected chi connectivity index (χ3v) is 5.49. The summed E-state index contributed by atoms with van der Waals surface area (Å²) in [5, 5.41) is 3.87. The number of benzene rings is 3. The van der Waals surface area contributed by atoms with Gasteiger partial charge in [-0.05, 0) is 86.8 Å². The molecule has 1 aromatic heterocycles. The zero-order chi connectivity index (χ0) is 21.4. The van der Waals surface area contributed by atoms with E-state index in [0.29, 0.717) is 11.3 Å². The lowest BCUT2D eigenvalue weighted by Gasteiger charge is -2.14. The van der Waals surface area contributed by atoms with E-state index in [2.05, 4.69) is 11.4 Å². The molecule has 0 aliphatic heterocycles. The Balaban J connectivity index is 1.89.